The third-order valence-corrected chi connectivity index (χ3v) is 5.14. The Labute approximate surface area is 143 Å². The molecule has 0 aliphatic carbocycles. The number of nitrogens with zero attached hydrogens (tertiary/aromatic N) is 2. The van der Waals surface area contributed by atoms with E-state index in [1.165, 1.54) is 21.7 Å². The van der Waals surface area contributed by atoms with Crippen LogP contribution in [0.5, 0.6) is 0 Å². The Morgan fingerprint density at radius 2 is 0.957 bits per heavy atom. The molecule has 2 nitrogen and oxygen atoms in total. The van der Waals surface area contributed by atoms with Gasteiger partial charge in [-0.05, 0) is 62.8 Å². The predicted molar refractivity (Wildman–Crippen MR) is 105 cm³/mol. The maximum Gasteiger partial charge on any atom is 0.00157 e. The van der Waals surface area contributed by atoms with E-state index in [9.17, 15) is 0 Å². The zero-order chi connectivity index (χ0) is 16.7. The third kappa shape index (κ3) is 6.83. The summed E-state index contributed by atoms with van der Waals surface area (Å²) in [6, 6.07) is 18.2. The van der Waals surface area contributed by atoms with Gasteiger partial charge in [0.05, 0.1) is 0 Å². The van der Waals surface area contributed by atoms with Crippen LogP contribution < -0.4 is 10.6 Å². The molecule has 0 amide bonds. The molecule has 0 bridgehead atoms. The summed E-state index contributed by atoms with van der Waals surface area (Å²) in [4.78, 5) is 4.46. The highest BCUT2D eigenvalue weighted by Gasteiger charge is 2.00. The van der Waals surface area contributed by atoms with Crippen LogP contribution >= 0.6 is 8.58 Å². The lowest BCUT2D eigenvalue weighted by Crippen LogP contribution is -2.15. The van der Waals surface area contributed by atoms with Gasteiger partial charge in [0.1, 0.15) is 0 Å². The molecule has 2 aromatic carbocycles. The minimum Gasteiger partial charge on any atom is -0.309 e. The molecule has 3 heteroatoms. The highest BCUT2D eigenvalue weighted by atomic mass is 31.1. The van der Waals surface area contributed by atoms with E-state index in [0.717, 1.165) is 34.5 Å². The van der Waals surface area contributed by atoms with Gasteiger partial charge in [0.2, 0.25) is 0 Å². The highest BCUT2D eigenvalue weighted by molar-refractivity contribution is 7.55. The highest BCUT2D eigenvalue weighted by Crippen LogP contribution is 2.13. The van der Waals surface area contributed by atoms with E-state index in [1.54, 1.807) is 0 Å². The molecule has 0 saturated heterocycles. The van der Waals surface area contributed by atoms with Gasteiger partial charge in [-0.15, -0.1) is 0 Å². The molecule has 2 rings (SSSR count). The van der Waals surface area contributed by atoms with Crippen molar-refractivity contribution in [2.24, 2.45) is 0 Å². The molecule has 0 N–H and O–H groups in total. The monoisotopic (exact) mass is 328 g/mol. The Hall–Kier alpha value is -1.21. The lowest BCUT2D eigenvalue weighted by Gasteiger charge is -2.10. The van der Waals surface area contributed by atoms with Crippen molar-refractivity contribution in [3.8, 4) is 0 Å². The van der Waals surface area contributed by atoms with Crippen LogP contribution in [-0.4, -0.2) is 51.1 Å². The second-order valence-corrected chi connectivity index (χ2v) is 8.03. The van der Waals surface area contributed by atoms with Gasteiger partial charge in [-0.25, -0.2) is 0 Å². The standard InChI is InChI=1S/C20H29N2P/c1-21(2)15-13-17-5-9-19(10-6-17)23-20-11-7-18(8-12-20)14-16-22(3)4/h5-12,23H,13-16H2,1-4H3. The fourth-order valence-electron chi connectivity index (χ4n) is 2.38. The zero-order valence-electron chi connectivity index (χ0n) is 14.8. The van der Waals surface area contributed by atoms with Gasteiger partial charge in [-0.2, -0.15) is 0 Å². The first-order chi connectivity index (χ1) is 11.0. The number of benzene rings is 2. The van der Waals surface area contributed by atoms with Gasteiger partial charge < -0.3 is 9.80 Å². The molecule has 0 radical (unpaired) electrons. The van der Waals surface area contributed by atoms with Crippen LogP contribution in [-0.2, 0) is 12.8 Å². The fraction of sp³-hybridized carbons (Fsp3) is 0.400. The average molecular weight is 328 g/mol. The summed E-state index contributed by atoms with van der Waals surface area (Å²) in [6.45, 7) is 2.21. The molecule has 0 aliphatic rings. The van der Waals surface area contributed by atoms with Crippen molar-refractivity contribution in [3.63, 3.8) is 0 Å². The molecular formula is C20H29N2P. The van der Waals surface area contributed by atoms with E-state index < -0.39 is 0 Å². The topological polar surface area (TPSA) is 6.48 Å². The molecule has 0 aliphatic heterocycles. The van der Waals surface area contributed by atoms with Crippen LogP contribution in [0.4, 0.5) is 0 Å². The van der Waals surface area contributed by atoms with E-state index in [2.05, 4.69) is 86.5 Å². The third-order valence-electron chi connectivity index (χ3n) is 3.89. The number of likely N-dealkylation sites (N-methyl/N-ethyl adjacent to an activating group) is 2. The first kappa shape index (κ1) is 18.1. The quantitative estimate of drug-likeness (QED) is 0.687. The normalized spacial score (nSPS) is 11.4. The van der Waals surface area contributed by atoms with Gasteiger partial charge >= 0.3 is 0 Å². The van der Waals surface area contributed by atoms with Gasteiger partial charge in [-0.3, -0.25) is 0 Å². The molecule has 0 aromatic heterocycles. The molecule has 0 unspecified atom stereocenters. The molecule has 0 atom stereocenters. The van der Waals surface area contributed by atoms with Gasteiger partial charge in [-0.1, -0.05) is 57.1 Å². The van der Waals surface area contributed by atoms with Crippen LogP contribution in [0.15, 0.2) is 48.5 Å². The zero-order valence-corrected chi connectivity index (χ0v) is 15.8. The second-order valence-electron chi connectivity index (χ2n) is 6.63. The van der Waals surface area contributed by atoms with E-state index in [4.69, 9.17) is 0 Å². The summed E-state index contributed by atoms with van der Waals surface area (Å²) >= 11 is 0. The summed E-state index contributed by atoms with van der Waals surface area (Å²) in [5.41, 5.74) is 2.84. The summed E-state index contributed by atoms with van der Waals surface area (Å²) in [5.74, 6) is 0. The van der Waals surface area contributed by atoms with Gasteiger partial charge in [0, 0.05) is 13.1 Å². The number of rotatable bonds is 8. The number of hydrogen-bond donors (Lipinski definition) is 0. The van der Waals surface area contributed by atoms with Crippen molar-refractivity contribution in [2.75, 3.05) is 41.3 Å². The van der Waals surface area contributed by atoms with Crippen molar-refractivity contribution in [1.82, 2.24) is 9.80 Å². The van der Waals surface area contributed by atoms with Gasteiger partial charge in [0.15, 0.2) is 0 Å². The van der Waals surface area contributed by atoms with Crippen molar-refractivity contribution in [1.29, 1.82) is 0 Å². The molecule has 124 valence electrons. The average Bonchev–Trinajstić information content (AvgIpc) is 2.53. The van der Waals surface area contributed by atoms with E-state index >= 15 is 0 Å². The Bertz CT molecular complexity index is 520. The Morgan fingerprint density at radius 1 is 0.609 bits per heavy atom. The first-order valence-corrected chi connectivity index (χ1v) is 9.27. The molecular weight excluding hydrogens is 299 g/mol. The second kappa shape index (κ2) is 9.17. The molecule has 0 saturated carbocycles. The van der Waals surface area contributed by atoms with E-state index in [-0.39, 0.29) is 0 Å². The Kier molecular flexibility index (Phi) is 7.23. The summed E-state index contributed by atoms with van der Waals surface area (Å²) in [5, 5.41) is 2.83. The number of hydrogen-bond acceptors (Lipinski definition) is 2. The van der Waals surface area contributed by atoms with Crippen molar-refractivity contribution in [3.05, 3.63) is 59.7 Å². The minimum atomic E-state index is 0.743. The smallest absolute Gasteiger partial charge is 0.00157 e. The van der Waals surface area contributed by atoms with Crippen molar-refractivity contribution in [2.45, 2.75) is 12.8 Å². The summed E-state index contributed by atoms with van der Waals surface area (Å²) in [6.07, 6.45) is 2.24. The molecule has 0 heterocycles. The SMILES string of the molecule is CN(C)CCc1ccc(Pc2ccc(CCN(C)C)cc2)cc1. The van der Waals surface area contributed by atoms with Crippen LogP contribution in [0.2, 0.25) is 0 Å². The molecule has 0 spiro atoms. The first-order valence-electron chi connectivity index (χ1n) is 8.27. The lowest BCUT2D eigenvalue weighted by molar-refractivity contribution is 0.413. The Balaban J connectivity index is 1.88. The van der Waals surface area contributed by atoms with Crippen molar-refractivity contribution < 1.29 is 0 Å². The van der Waals surface area contributed by atoms with Crippen molar-refractivity contribution >= 4 is 19.2 Å². The Morgan fingerprint density at radius 3 is 1.26 bits per heavy atom. The van der Waals surface area contributed by atoms with E-state index in [0.29, 0.717) is 0 Å². The van der Waals surface area contributed by atoms with Crippen LogP contribution in [0.25, 0.3) is 0 Å². The van der Waals surface area contributed by atoms with Gasteiger partial charge in [0.25, 0.3) is 0 Å². The predicted octanol–water partition coefficient (Wildman–Crippen LogP) is 2.52. The summed E-state index contributed by atoms with van der Waals surface area (Å²) < 4.78 is 0. The largest absolute Gasteiger partial charge is 0.309 e. The molecule has 2 aromatic rings. The minimum absolute atomic E-state index is 0.743. The summed E-state index contributed by atoms with van der Waals surface area (Å²) in [7, 11) is 9.24. The molecule has 0 fully saturated rings. The van der Waals surface area contributed by atoms with Crippen LogP contribution in [0.3, 0.4) is 0 Å². The van der Waals surface area contributed by atoms with Crippen LogP contribution in [0, 0.1) is 0 Å². The maximum atomic E-state index is 2.28. The maximum absolute atomic E-state index is 2.28. The fourth-order valence-corrected chi connectivity index (χ4v) is 3.38. The molecule has 23 heavy (non-hydrogen) atoms. The lowest BCUT2D eigenvalue weighted by atomic mass is 10.1. The van der Waals surface area contributed by atoms with Crippen LogP contribution in [0.1, 0.15) is 11.1 Å². The van der Waals surface area contributed by atoms with E-state index in [1.807, 2.05) is 0 Å².